The molecule has 1 amide bonds. The van der Waals surface area contributed by atoms with Gasteiger partial charge in [-0.1, -0.05) is 34.1 Å². The molecular weight excluding hydrogens is 504 g/mol. The van der Waals surface area contributed by atoms with Crippen molar-refractivity contribution >= 4 is 33.7 Å². The number of aromatic hydroxyl groups is 1. The van der Waals surface area contributed by atoms with Crippen LogP contribution in [0.25, 0.3) is 0 Å². The molecule has 8 nitrogen and oxygen atoms in total. The highest BCUT2D eigenvalue weighted by Gasteiger charge is 2.30. The topological polar surface area (TPSA) is 129 Å². The molecule has 34 heavy (non-hydrogen) atoms. The van der Waals surface area contributed by atoms with E-state index in [-0.39, 0.29) is 11.3 Å². The van der Waals surface area contributed by atoms with E-state index in [1.54, 1.807) is 42.5 Å². The van der Waals surface area contributed by atoms with E-state index >= 15 is 0 Å². The molecule has 172 valence electrons. The number of carbonyl (C=O) groups is 2. The number of carboxylic acid groups (broad SMARTS) is 1. The molecule has 0 radical (unpaired) electrons. The number of nitriles is 1. The fourth-order valence-electron chi connectivity index (χ4n) is 2.99. The van der Waals surface area contributed by atoms with E-state index in [2.05, 4.69) is 21.2 Å². The second-order valence-electron chi connectivity index (χ2n) is 6.94. The van der Waals surface area contributed by atoms with Crippen molar-refractivity contribution in [1.29, 1.82) is 5.26 Å². The van der Waals surface area contributed by atoms with Crippen molar-refractivity contribution in [3.05, 3.63) is 101 Å². The smallest absolute Gasteiger partial charge is 0.412 e. The Hall–Kier alpha value is -4.29. The van der Waals surface area contributed by atoms with Gasteiger partial charge in [-0.05, 0) is 60.7 Å². The normalized spacial score (nSPS) is 12.4. The molecule has 0 heterocycles. The number of halogens is 1. The summed E-state index contributed by atoms with van der Waals surface area (Å²) in [5.74, 6) is -0.996. The van der Waals surface area contributed by atoms with Crippen molar-refractivity contribution in [2.45, 2.75) is 12.2 Å². The summed E-state index contributed by atoms with van der Waals surface area (Å²) in [6, 6.07) is 21.3. The van der Waals surface area contributed by atoms with Gasteiger partial charge in [-0.15, -0.1) is 0 Å². The van der Waals surface area contributed by atoms with Gasteiger partial charge in [0.2, 0.25) is 0 Å². The van der Waals surface area contributed by atoms with Gasteiger partial charge in [0.1, 0.15) is 11.5 Å². The van der Waals surface area contributed by atoms with Crippen molar-refractivity contribution < 1.29 is 29.3 Å². The van der Waals surface area contributed by atoms with Gasteiger partial charge in [0.05, 0.1) is 11.6 Å². The largest absolute Gasteiger partial charge is 0.508 e. The first-order valence-corrected chi connectivity index (χ1v) is 10.7. The summed E-state index contributed by atoms with van der Waals surface area (Å²) in [7, 11) is 0. The molecule has 0 aliphatic rings. The first kappa shape index (κ1) is 24.4. The van der Waals surface area contributed by atoms with Crippen LogP contribution in [0, 0.1) is 11.3 Å². The number of phenols is 1. The van der Waals surface area contributed by atoms with Crippen molar-refractivity contribution in [2.75, 3.05) is 5.32 Å². The zero-order chi connectivity index (χ0) is 24.5. The van der Waals surface area contributed by atoms with Gasteiger partial charge >= 0.3 is 12.1 Å². The summed E-state index contributed by atoms with van der Waals surface area (Å²) < 4.78 is 12.2. The van der Waals surface area contributed by atoms with E-state index in [1.807, 2.05) is 6.07 Å². The number of hydrogen-bond donors (Lipinski definition) is 3. The number of carbonyl (C=O) groups excluding carboxylic acids is 1. The molecule has 0 aliphatic heterocycles. The number of nitrogens with one attached hydrogen (secondary N) is 1. The number of ether oxygens (including phenoxy) is 2. The molecular formula is C25H19BrN2O6. The van der Waals surface area contributed by atoms with Crippen molar-refractivity contribution in [3.63, 3.8) is 0 Å². The maximum absolute atomic E-state index is 12.8. The molecule has 0 saturated heterocycles. The zero-order valence-electron chi connectivity index (χ0n) is 17.6. The minimum Gasteiger partial charge on any atom is -0.508 e. The number of nitrogens with zero attached hydrogens (tertiary/aromatic N) is 1. The average molecular weight is 523 g/mol. The Labute approximate surface area is 203 Å². The zero-order valence-corrected chi connectivity index (χ0v) is 19.2. The van der Waals surface area contributed by atoms with Crippen LogP contribution in [0.1, 0.15) is 17.2 Å². The summed E-state index contributed by atoms with van der Waals surface area (Å²) in [4.78, 5) is 24.0. The van der Waals surface area contributed by atoms with Crippen molar-refractivity contribution in [2.24, 2.45) is 0 Å². The molecule has 0 saturated carbocycles. The predicted octanol–water partition coefficient (Wildman–Crippen LogP) is 5.40. The number of phenolic OH excluding ortho intramolecular Hbond substituents is 1. The number of hydrogen-bond acceptors (Lipinski definition) is 6. The summed E-state index contributed by atoms with van der Waals surface area (Å²) in [5, 5.41) is 31.1. The number of aliphatic carboxylic acids is 1. The maximum Gasteiger partial charge on any atom is 0.412 e. The van der Waals surface area contributed by atoms with Gasteiger partial charge < -0.3 is 19.7 Å². The Morgan fingerprint density at radius 3 is 2.41 bits per heavy atom. The number of carboxylic acids is 1. The van der Waals surface area contributed by atoms with Crippen LogP contribution in [0.3, 0.4) is 0 Å². The lowest BCUT2D eigenvalue weighted by Crippen LogP contribution is -2.30. The van der Waals surface area contributed by atoms with Crippen LogP contribution in [0.5, 0.6) is 11.5 Å². The van der Waals surface area contributed by atoms with E-state index in [9.17, 15) is 14.7 Å². The molecule has 0 bridgehead atoms. The fourth-order valence-corrected chi connectivity index (χ4v) is 3.37. The van der Waals surface area contributed by atoms with Crippen molar-refractivity contribution in [3.8, 4) is 17.6 Å². The van der Waals surface area contributed by atoms with Crippen LogP contribution in [0.2, 0.25) is 0 Å². The molecule has 3 rings (SSSR count). The number of para-hydroxylation sites is 1. The number of benzene rings is 3. The summed E-state index contributed by atoms with van der Waals surface area (Å²) in [6.45, 7) is 0. The van der Waals surface area contributed by atoms with E-state index in [4.69, 9.17) is 19.8 Å². The molecule has 3 aromatic carbocycles. The van der Waals surface area contributed by atoms with E-state index in [1.165, 1.54) is 36.4 Å². The minimum absolute atomic E-state index is 0.176. The Bertz CT molecular complexity index is 1220. The fraction of sp³-hybridized carbons (Fsp3) is 0.0800. The van der Waals surface area contributed by atoms with Crippen molar-refractivity contribution in [1.82, 2.24) is 0 Å². The summed E-state index contributed by atoms with van der Waals surface area (Å²) >= 11 is 3.33. The molecule has 2 atom stereocenters. The second kappa shape index (κ2) is 11.5. The lowest BCUT2D eigenvalue weighted by atomic mass is 10.0. The molecule has 3 aromatic rings. The van der Waals surface area contributed by atoms with Gasteiger partial charge in [-0.25, -0.2) is 9.59 Å². The Morgan fingerprint density at radius 1 is 1.06 bits per heavy atom. The quantitative estimate of drug-likeness (QED) is 0.337. The molecule has 3 N–H and O–H groups in total. The molecule has 0 fully saturated rings. The first-order valence-electron chi connectivity index (χ1n) is 9.95. The third-order valence-corrected chi connectivity index (χ3v) is 5.03. The molecule has 0 aromatic heterocycles. The van der Waals surface area contributed by atoms with Crippen LogP contribution < -0.4 is 10.1 Å². The van der Waals surface area contributed by atoms with Crippen LogP contribution in [0.4, 0.5) is 10.5 Å². The third kappa shape index (κ3) is 6.85. The Kier molecular flexibility index (Phi) is 8.26. The summed E-state index contributed by atoms with van der Waals surface area (Å²) in [6.07, 6.45) is -1.11. The van der Waals surface area contributed by atoms with Gasteiger partial charge in [-0.3, -0.25) is 5.32 Å². The van der Waals surface area contributed by atoms with E-state index in [0.717, 1.165) is 6.08 Å². The second-order valence-corrected chi connectivity index (χ2v) is 7.85. The van der Waals surface area contributed by atoms with Gasteiger partial charge in [0.15, 0.2) is 12.2 Å². The van der Waals surface area contributed by atoms with Gasteiger partial charge in [-0.2, -0.15) is 5.26 Å². The molecule has 0 unspecified atom stereocenters. The highest BCUT2D eigenvalue weighted by molar-refractivity contribution is 9.10. The van der Waals surface area contributed by atoms with E-state index < -0.39 is 24.3 Å². The lowest BCUT2D eigenvalue weighted by Gasteiger charge is -2.27. The van der Waals surface area contributed by atoms with E-state index in [0.29, 0.717) is 21.5 Å². The number of anilines is 1. The average Bonchev–Trinajstić information content (AvgIpc) is 2.83. The molecule has 9 heteroatoms. The van der Waals surface area contributed by atoms with Crippen LogP contribution >= 0.6 is 15.9 Å². The Balaban J connectivity index is 1.96. The lowest BCUT2D eigenvalue weighted by molar-refractivity contribution is -0.131. The molecule has 0 spiro atoms. The van der Waals surface area contributed by atoms with Crippen LogP contribution in [-0.4, -0.2) is 28.4 Å². The first-order chi connectivity index (χ1) is 16.4. The monoisotopic (exact) mass is 522 g/mol. The van der Waals surface area contributed by atoms with Gasteiger partial charge in [0.25, 0.3) is 0 Å². The predicted molar refractivity (Wildman–Crippen MR) is 127 cm³/mol. The maximum atomic E-state index is 12.8. The standard InChI is InChI=1S/C25H19BrN2O6/c26-17-8-11-21(29)20(14-17)24(34-25(32)28-18-9-6-16(15-27)7-10-18)22(12-13-23(30)31)33-19-4-2-1-3-5-19/h1-14,22,24,29H,(H,28,32)(H,30,31)/b13-12+/t22-,24-/m0/s1. The highest BCUT2D eigenvalue weighted by Crippen LogP contribution is 2.34. The van der Waals surface area contributed by atoms with Crippen LogP contribution in [0.15, 0.2) is 89.4 Å². The highest BCUT2D eigenvalue weighted by atomic mass is 79.9. The minimum atomic E-state index is -1.23. The number of amides is 1. The SMILES string of the molecule is N#Cc1ccc(NC(=O)O[C@@H](c2cc(Br)ccc2O)[C@H](/C=C/C(=O)O)Oc2ccccc2)cc1. The Morgan fingerprint density at radius 2 is 1.76 bits per heavy atom. The van der Waals surface area contributed by atoms with Crippen LogP contribution in [-0.2, 0) is 9.53 Å². The number of rotatable bonds is 8. The summed E-state index contributed by atoms with van der Waals surface area (Å²) in [5.41, 5.74) is 0.995. The third-order valence-electron chi connectivity index (χ3n) is 4.53. The molecule has 0 aliphatic carbocycles. The van der Waals surface area contributed by atoms with Gasteiger partial charge in [0, 0.05) is 21.8 Å².